The van der Waals surface area contributed by atoms with Gasteiger partial charge >= 0.3 is 0 Å². The first-order valence-corrected chi connectivity index (χ1v) is 7.68. The summed E-state index contributed by atoms with van der Waals surface area (Å²) in [5.74, 6) is 0.106. The molecule has 0 radical (unpaired) electrons. The Morgan fingerprint density at radius 2 is 1.81 bits per heavy atom. The largest absolute Gasteiger partial charge is 0.339 e. The molecule has 1 aliphatic rings. The summed E-state index contributed by atoms with van der Waals surface area (Å²) in [6.07, 6.45) is 8.43. The standard InChI is InChI=1S/C19H21NO/c1-20(17-10-3-4-11-17)19(21)14-13-16-9-6-8-15-7-2-5-12-18(15)16/h2,5-9,12-14,17H,3-4,10-11H2,1H3/b14-13+. The minimum Gasteiger partial charge on any atom is -0.339 e. The molecule has 1 saturated carbocycles. The van der Waals surface area contributed by atoms with Crippen LogP contribution in [-0.2, 0) is 4.79 Å². The Bertz CT molecular complexity index is 663. The van der Waals surface area contributed by atoms with Gasteiger partial charge in [-0.25, -0.2) is 0 Å². The molecule has 0 unspecified atom stereocenters. The molecule has 0 aromatic heterocycles. The van der Waals surface area contributed by atoms with Crippen LogP contribution in [0.5, 0.6) is 0 Å². The third kappa shape index (κ3) is 2.99. The van der Waals surface area contributed by atoms with Crippen LogP contribution in [-0.4, -0.2) is 23.9 Å². The second-order valence-corrected chi connectivity index (χ2v) is 5.79. The van der Waals surface area contributed by atoms with Crippen molar-refractivity contribution in [2.75, 3.05) is 7.05 Å². The van der Waals surface area contributed by atoms with Crippen molar-refractivity contribution >= 4 is 22.8 Å². The molecule has 1 fully saturated rings. The van der Waals surface area contributed by atoms with Crippen molar-refractivity contribution in [3.63, 3.8) is 0 Å². The quantitative estimate of drug-likeness (QED) is 0.769. The molecule has 0 heterocycles. The van der Waals surface area contributed by atoms with Crippen molar-refractivity contribution in [1.82, 2.24) is 4.90 Å². The zero-order valence-electron chi connectivity index (χ0n) is 12.5. The fourth-order valence-electron chi connectivity index (χ4n) is 3.15. The van der Waals surface area contributed by atoms with E-state index in [1.54, 1.807) is 6.08 Å². The Labute approximate surface area is 126 Å². The number of amides is 1. The lowest BCUT2D eigenvalue weighted by Crippen LogP contribution is -2.33. The van der Waals surface area contributed by atoms with Crippen LogP contribution in [0.2, 0.25) is 0 Å². The second-order valence-electron chi connectivity index (χ2n) is 5.79. The van der Waals surface area contributed by atoms with E-state index in [1.165, 1.54) is 23.6 Å². The van der Waals surface area contributed by atoms with Gasteiger partial charge in [0.05, 0.1) is 0 Å². The molecule has 0 bridgehead atoms. The number of nitrogens with zero attached hydrogens (tertiary/aromatic N) is 1. The van der Waals surface area contributed by atoms with E-state index in [0.29, 0.717) is 6.04 Å². The third-order valence-electron chi connectivity index (χ3n) is 4.45. The van der Waals surface area contributed by atoms with Crippen molar-refractivity contribution in [3.05, 3.63) is 54.1 Å². The molecule has 0 spiro atoms. The highest BCUT2D eigenvalue weighted by Gasteiger charge is 2.21. The predicted molar refractivity (Wildman–Crippen MR) is 88.0 cm³/mol. The molecule has 0 saturated heterocycles. The summed E-state index contributed by atoms with van der Waals surface area (Å²) in [5.41, 5.74) is 1.10. The van der Waals surface area contributed by atoms with Crippen LogP contribution in [0.25, 0.3) is 16.8 Å². The van der Waals surface area contributed by atoms with Gasteiger partial charge in [-0.15, -0.1) is 0 Å². The van der Waals surface area contributed by atoms with Gasteiger partial charge in [0.15, 0.2) is 0 Å². The van der Waals surface area contributed by atoms with Crippen molar-refractivity contribution in [1.29, 1.82) is 0 Å². The Morgan fingerprint density at radius 1 is 1.10 bits per heavy atom. The Hall–Kier alpha value is -2.09. The molecule has 21 heavy (non-hydrogen) atoms. The Morgan fingerprint density at radius 3 is 2.62 bits per heavy atom. The fourth-order valence-corrected chi connectivity index (χ4v) is 3.15. The smallest absolute Gasteiger partial charge is 0.246 e. The van der Waals surface area contributed by atoms with Gasteiger partial charge in [-0.1, -0.05) is 55.3 Å². The second kappa shape index (κ2) is 6.13. The lowest BCUT2D eigenvalue weighted by molar-refractivity contribution is -0.126. The van der Waals surface area contributed by atoms with Crippen LogP contribution >= 0.6 is 0 Å². The fraction of sp³-hybridized carbons (Fsp3) is 0.316. The van der Waals surface area contributed by atoms with Gasteiger partial charge in [-0.3, -0.25) is 4.79 Å². The van der Waals surface area contributed by atoms with E-state index in [0.717, 1.165) is 18.4 Å². The molecule has 2 aromatic carbocycles. The molecule has 2 aromatic rings. The highest BCUT2D eigenvalue weighted by atomic mass is 16.2. The molecule has 108 valence electrons. The van der Waals surface area contributed by atoms with Gasteiger partial charge in [0.2, 0.25) is 5.91 Å². The summed E-state index contributed by atoms with van der Waals surface area (Å²) < 4.78 is 0. The first-order valence-electron chi connectivity index (χ1n) is 7.68. The summed E-state index contributed by atoms with van der Waals surface area (Å²) in [4.78, 5) is 14.2. The number of rotatable bonds is 3. The number of carbonyl (C=O) groups is 1. The zero-order chi connectivity index (χ0) is 14.7. The average molecular weight is 279 g/mol. The zero-order valence-corrected chi connectivity index (χ0v) is 12.5. The van der Waals surface area contributed by atoms with Crippen LogP contribution in [0.1, 0.15) is 31.2 Å². The van der Waals surface area contributed by atoms with Gasteiger partial charge in [0.25, 0.3) is 0 Å². The monoisotopic (exact) mass is 279 g/mol. The minimum absolute atomic E-state index is 0.106. The lowest BCUT2D eigenvalue weighted by atomic mass is 10.0. The minimum atomic E-state index is 0.106. The van der Waals surface area contributed by atoms with Crippen LogP contribution in [0.4, 0.5) is 0 Å². The average Bonchev–Trinajstić information content (AvgIpc) is 3.06. The van der Waals surface area contributed by atoms with E-state index < -0.39 is 0 Å². The topological polar surface area (TPSA) is 20.3 Å². The summed E-state index contributed by atoms with van der Waals surface area (Å²) in [6, 6.07) is 14.9. The van der Waals surface area contributed by atoms with Crippen LogP contribution in [0.15, 0.2) is 48.5 Å². The molecule has 0 atom stereocenters. The highest BCUT2D eigenvalue weighted by Crippen LogP contribution is 2.23. The molecule has 3 rings (SSSR count). The summed E-state index contributed by atoms with van der Waals surface area (Å²) in [6.45, 7) is 0. The van der Waals surface area contributed by atoms with E-state index in [2.05, 4.69) is 24.3 Å². The number of benzene rings is 2. The molecule has 1 aliphatic carbocycles. The molecule has 2 heteroatoms. The first-order chi connectivity index (χ1) is 10.3. The van der Waals surface area contributed by atoms with Gasteiger partial charge in [0.1, 0.15) is 0 Å². The highest BCUT2D eigenvalue weighted by molar-refractivity contribution is 5.96. The van der Waals surface area contributed by atoms with Gasteiger partial charge in [-0.05, 0) is 35.3 Å². The number of likely N-dealkylation sites (N-methyl/N-ethyl adjacent to an activating group) is 1. The van der Waals surface area contributed by atoms with Crippen LogP contribution in [0.3, 0.4) is 0 Å². The van der Waals surface area contributed by atoms with E-state index in [4.69, 9.17) is 0 Å². The van der Waals surface area contributed by atoms with Crippen molar-refractivity contribution < 1.29 is 4.79 Å². The van der Waals surface area contributed by atoms with E-state index in [9.17, 15) is 4.79 Å². The third-order valence-corrected chi connectivity index (χ3v) is 4.45. The predicted octanol–water partition coefficient (Wildman–Crippen LogP) is 4.25. The maximum atomic E-state index is 12.3. The number of carbonyl (C=O) groups excluding carboxylic acids is 1. The summed E-state index contributed by atoms with van der Waals surface area (Å²) in [7, 11) is 1.92. The van der Waals surface area contributed by atoms with Crippen LogP contribution < -0.4 is 0 Å². The van der Waals surface area contributed by atoms with E-state index in [1.807, 2.05) is 36.2 Å². The molecular formula is C19H21NO. The van der Waals surface area contributed by atoms with Crippen molar-refractivity contribution in [3.8, 4) is 0 Å². The normalized spacial score (nSPS) is 15.9. The maximum absolute atomic E-state index is 12.3. The number of fused-ring (bicyclic) bond motifs is 1. The number of hydrogen-bond acceptors (Lipinski definition) is 1. The number of hydrogen-bond donors (Lipinski definition) is 0. The summed E-state index contributed by atoms with van der Waals surface area (Å²) in [5, 5.41) is 2.39. The van der Waals surface area contributed by atoms with Crippen LogP contribution in [0, 0.1) is 0 Å². The first kappa shape index (κ1) is 13.9. The SMILES string of the molecule is CN(C(=O)/C=C/c1cccc2ccccc12)C1CCCC1. The molecule has 0 aliphatic heterocycles. The molecule has 2 nitrogen and oxygen atoms in total. The Kier molecular flexibility index (Phi) is 4.05. The lowest BCUT2D eigenvalue weighted by Gasteiger charge is -2.22. The Balaban J connectivity index is 1.79. The van der Waals surface area contributed by atoms with Gasteiger partial charge in [-0.2, -0.15) is 0 Å². The van der Waals surface area contributed by atoms with Crippen molar-refractivity contribution in [2.24, 2.45) is 0 Å². The van der Waals surface area contributed by atoms with Crippen molar-refractivity contribution in [2.45, 2.75) is 31.7 Å². The maximum Gasteiger partial charge on any atom is 0.246 e. The molecule has 1 amide bonds. The van der Waals surface area contributed by atoms with E-state index in [-0.39, 0.29) is 5.91 Å². The molecule has 0 N–H and O–H groups in total. The van der Waals surface area contributed by atoms with E-state index >= 15 is 0 Å². The van der Waals surface area contributed by atoms with Gasteiger partial charge in [0, 0.05) is 19.2 Å². The molecular weight excluding hydrogens is 258 g/mol. The van der Waals surface area contributed by atoms with Gasteiger partial charge < -0.3 is 4.90 Å². The summed E-state index contributed by atoms with van der Waals surface area (Å²) >= 11 is 0.